The number of hydrazone groups is 1. The Kier molecular flexibility index (Phi) is 5.80. The molecule has 1 amide bonds. The number of nitrogens with one attached hydrogen (secondary N) is 1. The van der Waals surface area contributed by atoms with Crippen LogP contribution in [0.25, 0.3) is 0 Å². The number of hydrogen-bond acceptors (Lipinski definition) is 6. The standard InChI is InChI=1S/C10H17N3O5/c1-6(7(8(14)15)13-17-5)11-12-9(16)18-10(2,3)4/h1-5H3,(H,12,16)(H,14,15). The van der Waals surface area contributed by atoms with E-state index in [0.29, 0.717) is 0 Å². The first kappa shape index (κ1) is 15.9. The third-order valence-electron chi connectivity index (χ3n) is 1.44. The highest BCUT2D eigenvalue weighted by Crippen LogP contribution is 2.06. The molecule has 102 valence electrons. The molecule has 0 radical (unpaired) electrons. The van der Waals surface area contributed by atoms with Crippen molar-refractivity contribution in [3.63, 3.8) is 0 Å². The van der Waals surface area contributed by atoms with Gasteiger partial charge in [-0.3, -0.25) is 0 Å². The number of carboxylic acid groups (broad SMARTS) is 1. The van der Waals surface area contributed by atoms with E-state index >= 15 is 0 Å². The van der Waals surface area contributed by atoms with Crippen molar-refractivity contribution >= 4 is 23.5 Å². The summed E-state index contributed by atoms with van der Waals surface area (Å²) in [5.41, 5.74) is 0.970. The fourth-order valence-electron chi connectivity index (χ4n) is 0.835. The monoisotopic (exact) mass is 259 g/mol. The molecule has 0 aliphatic carbocycles. The Labute approximate surface area is 105 Å². The predicted octanol–water partition coefficient (Wildman–Crippen LogP) is 0.974. The average molecular weight is 259 g/mol. The molecule has 2 N–H and O–H groups in total. The van der Waals surface area contributed by atoms with E-state index in [4.69, 9.17) is 9.84 Å². The second-order valence-corrected chi connectivity index (χ2v) is 4.24. The number of hydrogen-bond donors (Lipinski definition) is 2. The van der Waals surface area contributed by atoms with Crippen LogP contribution in [0.2, 0.25) is 0 Å². The summed E-state index contributed by atoms with van der Waals surface area (Å²) in [6.45, 7) is 6.44. The number of carbonyl (C=O) groups is 2. The van der Waals surface area contributed by atoms with Crippen LogP contribution in [0.4, 0.5) is 4.79 Å². The summed E-state index contributed by atoms with van der Waals surface area (Å²) in [6, 6.07) is 0. The normalized spacial score (nSPS) is 12.9. The smallest absolute Gasteiger partial charge is 0.428 e. The maximum atomic E-state index is 11.3. The van der Waals surface area contributed by atoms with E-state index in [9.17, 15) is 9.59 Å². The third-order valence-corrected chi connectivity index (χ3v) is 1.44. The van der Waals surface area contributed by atoms with Crippen molar-refractivity contribution < 1.29 is 24.3 Å². The van der Waals surface area contributed by atoms with E-state index in [1.165, 1.54) is 14.0 Å². The summed E-state index contributed by atoms with van der Waals surface area (Å²) in [5.74, 6) is -1.32. The second kappa shape index (κ2) is 6.58. The Bertz CT molecular complexity index is 381. The molecule has 18 heavy (non-hydrogen) atoms. The van der Waals surface area contributed by atoms with E-state index in [2.05, 4.69) is 20.5 Å². The highest BCUT2D eigenvalue weighted by molar-refractivity contribution is 6.64. The van der Waals surface area contributed by atoms with Gasteiger partial charge in [-0.15, -0.1) is 0 Å². The van der Waals surface area contributed by atoms with Crippen LogP contribution in [0, 0.1) is 0 Å². The number of ether oxygens (including phenoxy) is 1. The van der Waals surface area contributed by atoms with E-state index in [1.54, 1.807) is 20.8 Å². The first-order valence-corrected chi connectivity index (χ1v) is 5.05. The first-order valence-electron chi connectivity index (χ1n) is 5.05. The van der Waals surface area contributed by atoms with Crippen LogP contribution in [0.5, 0.6) is 0 Å². The predicted molar refractivity (Wildman–Crippen MR) is 64.6 cm³/mol. The minimum atomic E-state index is -1.32. The van der Waals surface area contributed by atoms with Crippen molar-refractivity contribution in [2.75, 3.05) is 7.11 Å². The highest BCUT2D eigenvalue weighted by Gasteiger charge is 2.17. The second-order valence-electron chi connectivity index (χ2n) is 4.24. The van der Waals surface area contributed by atoms with Gasteiger partial charge in [0.15, 0.2) is 0 Å². The minimum absolute atomic E-state index is 0.0183. The lowest BCUT2D eigenvalue weighted by Gasteiger charge is -2.18. The number of oxime groups is 1. The molecule has 0 aromatic heterocycles. The van der Waals surface area contributed by atoms with Crippen molar-refractivity contribution in [2.45, 2.75) is 33.3 Å². The van der Waals surface area contributed by atoms with Crippen molar-refractivity contribution in [2.24, 2.45) is 10.3 Å². The molecule has 0 fully saturated rings. The number of carboxylic acids is 1. The van der Waals surface area contributed by atoms with Crippen LogP contribution in [0.3, 0.4) is 0 Å². The average Bonchev–Trinajstić information content (AvgIpc) is 2.19. The Morgan fingerprint density at radius 2 is 1.83 bits per heavy atom. The number of carbonyl (C=O) groups excluding carboxylic acids is 1. The first-order chi connectivity index (χ1) is 8.17. The molecule has 0 saturated carbocycles. The van der Waals surface area contributed by atoms with Crippen LogP contribution >= 0.6 is 0 Å². The summed E-state index contributed by atoms with van der Waals surface area (Å²) in [4.78, 5) is 26.4. The zero-order valence-corrected chi connectivity index (χ0v) is 11.0. The third kappa shape index (κ3) is 6.46. The van der Waals surface area contributed by atoms with Gasteiger partial charge in [0.1, 0.15) is 12.7 Å². The Hall–Kier alpha value is -2.12. The van der Waals surface area contributed by atoms with E-state index in [-0.39, 0.29) is 5.71 Å². The van der Waals surface area contributed by atoms with E-state index in [0.717, 1.165) is 0 Å². The van der Waals surface area contributed by atoms with Gasteiger partial charge in [0.25, 0.3) is 0 Å². The van der Waals surface area contributed by atoms with Crippen LogP contribution < -0.4 is 5.43 Å². The maximum absolute atomic E-state index is 11.3. The number of amides is 1. The molecule has 0 aromatic rings. The Balaban J connectivity index is 4.65. The zero-order chi connectivity index (χ0) is 14.3. The molecular formula is C10H17N3O5. The fraction of sp³-hybridized carbons (Fsp3) is 0.600. The van der Waals surface area contributed by atoms with Gasteiger partial charge in [-0.05, 0) is 27.7 Å². The molecule has 8 heteroatoms. The summed E-state index contributed by atoms with van der Waals surface area (Å²) >= 11 is 0. The van der Waals surface area contributed by atoms with Gasteiger partial charge in [-0.1, -0.05) is 5.16 Å². The summed E-state index contributed by atoms with van der Waals surface area (Å²) in [7, 11) is 1.21. The Morgan fingerprint density at radius 3 is 2.22 bits per heavy atom. The van der Waals surface area contributed by atoms with Gasteiger partial charge in [0, 0.05) is 0 Å². The topological polar surface area (TPSA) is 110 Å². The molecule has 0 rings (SSSR count). The molecule has 0 atom stereocenters. The van der Waals surface area contributed by atoms with Crippen molar-refractivity contribution in [1.29, 1.82) is 0 Å². The molecule has 0 heterocycles. The quantitative estimate of drug-likeness (QED) is 0.577. The van der Waals surface area contributed by atoms with Gasteiger partial charge in [0.05, 0.1) is 5.71 Å². The largest absolute Gasteiger partial charge is 0.476 e. The summed E-state index contributed by atoms with van der Waals surface area (Å²) < 4.78 is 4.91. The Morgan fingerprint density at radius 1 is 1.28 bits per heavy atom. The number of nitrogens with zero attached hydrogens (tertiary/aromatic N) is 2. The molecule has 8 nitrogen and oxygen atoms in total. The van der Waals surface area contributed by atoms with Crippen LogP contribution in [-0.2, 0) is 14.4 Å². The van der Waals surface area contributed by atoms with Crippen molar-refractivity contribution in [1.82, 2.24) is 5.43 Å². The molecule has 0 bridgehead atoms. The molecule has 0 spiro atoms. The molecule has 0 unspecified atom stereocenters. The van der Waals surface area contributed by atoms with Gasteiger partial charge in [-0.2, -0.15) is 5.10 Å². The zero-order valence-electron chi connectivity index (χ0n) is 11.0. The molecule has 0 aliphatic heterocycles. The van der Waals surface area contributed by atoms with Gasteiger partial charge < -0.3 is 14.7 Å². The lowest BCUT2D eigenvalue weighted by molar-refractivity contribution is -0.129. The molecular weight excluding hydrogens is 242 g/mol. The van der Waals surface area contributed by atoms with E-state index < -0.39 is 23.4 Å². The minimum Gasteiger partial charge on any atom is -0.476 e. The number of rotatable bonds is 4. The number of aliphatic carboxylic acids is 1. The molecule has 0 aliphatic rings. The lowest BCUT2D eigenvalue weighted by Crippen LogP contribution is -2.32. The van der Waals surface area contributed by atoms with Crippen molar-refractivity contribution in [3.8, 4) is 0 Å². The van der Waals surface area contributed by atoms with Crippen LogP contribution in [0.1, 0.15) is 27.7 Å². The van der Waals surface area contributed by atoms with Crippen LogP contribution in [-0.4, -0.2) is 41.3 Å². The SMILES string of the molecule is CON=C(C(=O)O)C(C)=NNC(=O)OC(C)(C)C. The molecule has 0 saturated heterocycles. The van der Waals surface area contributed by atoms with E-state index in [1.807, 2.05) is 0 Å². The summed E-state index contributed by atoms with van der Waals surface area (Å²) in [5, 5.41) is 15.6. The lowest BCUT2D eigenvalue weighted by atomic mass is 10.2. The fourth-order valence-corrected chi connectivity index (χ4v) is 0.835. The van der Waals surface area contributed by atoms with Crippen molar-refractivity contribution in [3.05, 3.63) is 0 Å². The van der Waals surface area contributed by atoms with Gasteiger partial charge in [0.2, 0.25) is 5.71 Å². The summed E-state index contributed by atoms with van der Waals surface area (Å²) in [6.07, 6.45) is -0.788. The van der Waals surface area contributed by atoms with Gasteiger partial charge in [-0.25, -0.2) is 15.0 Å². The van der Waals surface area contributed by atoms with Gasteiger partial charge >= 0.3 is 12.1 Å². The molecule has 0 aromatic carbocycles. The maximum Gasteiger partial charge on any atom is 0.428 e. The highest BCUT2D eigenvalue weighted by atomic mass is 16.6. The van der Waals surface area contributed by atoms with Crippen LogP contribution in [0.15, 0.2) is 10.3 Å².